The number of imide groups is 1. The van der Waals surface area contributed by atoms with E-state index in [0.29, 0.717) is 5.69 Å². The van der Waals surface area contributed by atoms with Crippen molar-refractivity contribution in [3.8, 4) is 0 Å². The van der Waals surface area contributed by atoms with Crippen LogP contribution in [0, 0.1) is 6.92 Å². The summed E-state index contributed by atoms with van der Waals surface area (Å²) in [6.07, 6.45) is 0.132. The van der Waals surface area contributed by atoms with E-state index in [1.807, 2.05) is 30.3 Å². The predicted molar refractivity (Wildman–Crippen MR) is 122 cm³/mol. The Hall–Kier alpha value is -3.85. The molecule has 1 aliphatic rings. The fourth-order valence-electron chi connectivity index (χ4n) is 3.65. The van der Waals surface area contributed by atoms with E-state index in [-0.39, 0.29) is 34.2 Å². The summed E-state index contributed by atoms with van der Waals surface area (Å²) in [5.74, 6) is -2.13. The second-order valence-electron chi connectivity index (χ2n) is 7.37. The van der Waals surface area contributed by atoms with Gasteiger partial charge >= 0.3 is 5.97 Å². The molecule has 9 heteroatoms. The van der Waals surface area contributed by atoms with Crippen molar-refractivity contribution >= 4 is 40.2 Å². The molecule has 1 N–H and O–H groups in total. The zero-order valence-electron chi connectivity index (χ0n) is 18.0. The lowest BCUT2D eigenvalue weighted by Crippen LogP contribution is -2.48. The number of amides is 3. The molecule has 0 aliphatic carbocycles. The quantitative estimate of drug-likeness (QED) is 0.425. The minimum Gasteiger partial charge on any atom is -0.462 e. The highest BCUT2D eigenvalue weighted by molar-refractivity contribution is 7.17. The van der Waals surface area contributed by atoms with Crippen LogP contribution in [0.5, 0.6) is 0 Å². The van der Waals surface area contributed by atoms with E-state index >= 15 is 0 Å². The lowest BCUT2D eigenvalue weighted by Gasteiger charge is -2.25. The van der Waals surface area contributed by atoms with Crippen LogP contribution in [-0.2, 0) is 16.0 Å². The summed E-state index contributed by atoms with van der Waals surface area (Å²) in [4.78, 5) is 57.1. The molecule has 8 nitrogen and oxygen atoms in total. The van der Waals surface area contributed by atoms with Crippen LogP contribution in [0.1, 0.15) is 48.6 Å². The maximum atomic E-state index is 13.4. The van der Waals surface area contributed by atoms with E-state index in [0.717, 1.165) is 21.8 Å². The van der Waals surface area contributed by atoms with Gasteiger partial charge in [0.15, 0.2) is 5.13 Å². The third-order valence-corrected chi connectivity index (χ3v) is 6.25. The number of hydrogen-bond donors (Lipinski definition) is 1. The molecule has 4 rings (SSSR count). The van der Waals surface area contributed by atoms with Gasteiger partial charge < -0.3 is 10.1 Å². The number of carbonyl (C=O) groups excluding carboxylic acids is 4. The summed E-state index contributed by atoms with van der Waals surface area (Å²) < 4.78 is 5.02. The van der Waals surface area contributed by atoms with Crippen LogP contribution >= 0.6 is 11.3 Å². The number of aromatic nitrogens is 1. The molecule has 1 atom stereocenters. The molecule has 0 fully saturated rings. The third kappa shape index (κ3) is 4.40. The summed E-state index contributed by atoms with van der Waals surface area (Å²) >= 11 is 0.985. The fourth-order valence-corrected chi connectivity index (χ4v) is 4.52. The van der Waals surface area contributed by atoms with Crippen LogP contribution in [0.3, 0.4) is 0 Å². The van der Waals surface area contributed by atoms with Gasteiger partial charge in [-0.3, -0.25) is 19.3 Å². The summed E-state index contributed by atoms with van der Waals surface area (Å²) in [6, 6.07) is 14.5. The first kappa shape index (κ1) is 22.3. The van der Waals surface area contributed by atoms with Crippen molar-refractivity contribution in [2.45, 2.75) is 26.3 Å². The van der Waals surface area contributed by atoms with Crippen molar-refractivity contribution < 1.29 is 23.9 Å². The molecule has 2 heterocycles. The van der Waals surface area contributed by atoms with E-state index in [9.17, 15) is 19.2 Å². The van der Waals surface area contributed by atoms with E-state index in [2.05, 4.69) is 10.3 Å². The number of aryl methyl sites for hydroxylation is 1. The Bertz CT molecular complexity index is 1200. The highest BCUT2D eigenvalue weighted by Gasteiger charge is 2.42. The molecule has 0 saturated carbocycles. The number of esters is 1. The van der Waals surface area contributed by atoms with Crippen molar-refractivity contribution in [2.24, 2.45) is 0 Å². The van der Waals surface area contributed by atoms with E-state index in [1.165, 1.54) is 0 Å². The Morgan fingerprint density at radius 1 is 1.03 bits per heavy atom. The lowest BCUT2D eigenvalue weighted by molar-refractivity contribution is -0.119. The van der Waals surface area contributed by atoms with Crippen LogP contribution in [0.15, 0.2) is 54.6 Å². The van der Waals surface area contributed by atoms with Gasteiger partial charge in [0, 0.05) is 6.42 Å². The number of ether oxygens (including phenoxy) is 1. The molecule has 1 aromatic heterocycles. The van der Waals surface area contributed by atoms with Crippen LogP contribution in [0.25, 0.3) is 0 Å². The van der Waals surface area contributed by atoms with Gasteiger partial charge in [0.05, 0.1) is 23.4 Å². The number of anilines is 1. The molecular formula is C24H21N3O5S. The SMILES string of the molecule is CCOC(=O)c1sc(NC(=O)[C@H](Cc2ccccc2)N2C(=O)c3ccccc3C2=O)nc1C. The summed E-state index contributed by atoms with van der Waals surface area (Å²) in [6.45, 7) is 3.56. The van der Waals surface area contributed by atoms with Gasteiger partial charge in [0.2, 0.25) is 5.91 Å². The largest absolute Gasteiger partial charge is 0.462 e. The topological polar surface area (TPSA) is 106 Å². The van der Waals surface area contributed by atoms with Gasteiger partial charge in [-0.15, -0.1) is 0 Å². The average molecular weight is 464 g/mol. The molecule has 0 unspecified atom stereocenters. The van der Waals surface area contributed by atoms with Crippen molar-refractivity contribution in [1.29, 1.82) is 0 Å². The highest BCUT2D eigenvalue weighted by atomic mass is 32.1. The van der Waals surface area contributed by atoms with E-state index in [1.54, 1.807) is 38.1 Å². The molecule has 0 radical (unpaired) electrons. The van der Waals surface area contributed by atoms with Crippen molar-refractivity contribution in [3.05, 3.63) is 81.9 Å². The number of hydrogen-bond acceptors (Lipinski definition) is 7. The molecule has 168 valence electrons. The van der Waals surface area contributed by atoms with Gasteiger partial charge in [-0.1, -0.05) is 53.8 Å². The van der Waals surface area contributed by atoms with Crippen molar-refractivity contribution in [1.82, 2.24) is 9.88 Å². The molecule has 0 bridgehead atoms. The highest BCUT2D eigenvalue weighted by Crippen LogP contribution is 2.28. The lowest BCUT2D eigenvalue weighted by atomic mass is 10.0. The van der Waals surface area contributed by atoms with E-state index < -0.39 is 29.7 Å². The fraction of sp³-hybridized carbons (Fsp3) is 0.208. The smallest absolute Gasteiger partial charge is 0.350 e. The van der Waals surface area contributed by atoms with Gasteiger partial charge in [-0.25, -0.2) is 9.78 Å². The number of thiazole rings is 1. The average Bonchev–Trinajstić information content (AvgIpc) is 3.30. The summed E-state index contributed by atoms with van der Waals surface area (Å²) in [5.41, 5.74) is 1.75. The summed E-state index contributed by atoms with van der Waals surface area (Å²) in [5, 5.41) is 2.87. The van der Waals surface area contributed by atoms with Gasteiger partial charge in [-0.05, 0) is 31.5 Å². The Balaban J connectivity index is 1.64. The summed E-state index contributed by atoms with van der Waals surface area (Å²) in [7, 11) is 0. The second-order valence-corrected chi connectivity index (χ2v) is 8.37. The second kappa shape index (κ2) is 9.33. The number of fused-ring (bicyclic) bond motifs is 1. The Morgan fingerprint density at radius 2 is 1.64 bits per heavy atom. The number of nitrogens with one attached hydrogen (secondary N) is 1. The predicted octanol–water partition coefficient (Wildman–Crippen LogP) is 3.47. The molecule has 2 aromatic carbocycles. The Labute approximate surface area is 194 Å². The minimum absolute atomic E-state index is 0.132. The van der Waals surface area contributed by atoms with Crippen LogP contribution in [-0.4, -0.2) is 46.2 Å². The monoisotopic (exact) mass is 463 g/mol. The first-order valence-electron chi connectivity index (χ1n) is 10.4. The van der Waals surface area contributed by atoms with Gasteiger partial charge in [-0.2, -0.15) is 0 Å². The molecule has 1 aliphatic heterocycles. The van der Waals surface area contributed by atoms with Crippen molar-refractivity contribution in [3.63, 3.8) is 0 Å². The molecule has 3 amide bonds. The number of rotatable bonds is 7. The maximum absolute atomic E-state index is 13.4. The minimum atomic E-state index is -1.10. The standard InChI is InChI=1S/C24H21N3O5S/c1-3-32-23(31)19-14(2)25-24(33-19)26-20(28)18(13-15-9-5-4-6-10-15)27-21(29)16-11-7-8-12-17(16)22(27)30/h4-12,18H,3,13H2,1-2H3,(H,25,26,28)/t18-/m0/s1. The van der Waals surface area contributed by atoms with Crippen LogP contribution in [0.4, 0.5) is 5.13 Å². The zero-order valence-corrected chi connectivity index (χ0v) is 18.8. The van der Waals surface area contributed by atoms with Gasteiger partial charge in [0.25, 0.3) is 11.8 Å². The number of benzene rings is 2. The molecule has 3 aromatic rings. The zero-order chi connectivity index (χ0) is 23.5. The molecule has 33 heavy (non-hydrogen) atoms. The third-order valence-electron chi connectivity index (χ3n) is 5.20. The van der Waals surface area contributed by atoms with Gasteiger partial charge in [0.1, 0.15) is 10.9 Å². The Kier molecular flexibility index (Phi) is 6.32. The normalized spacial score (nSPS) is 13.6. The Morgan fingerprint density at radius 3 is 2.24 bits per heavy atom. The first-order chi connectivity index (χ1) is 15.9. The van der Waals surface area contributed by atoms with Crippen LogP contribution in [0.2, 0.25) is 0 Å². The number of carbonyl (C=O) groups is 4. The maximum Gasteiger partial charge on any atom is 0.350 e. The first-order valence-corrected chi connectivity index (χ1v) is 11.2. The number of nitrogens with zero attached hydrogens (tertiary/aromatic N) is 2. The van der Waals surface area contributed by atoms with Crippen LogP contribution < -0.4 is 5.32 Å². The van der Waals surface area contributed by atoms with E-state index in [4.69, 9.17) is 4.74 Å². The molecule has 0 spiro atoms. The van der Waals surface area contributed by atoms with Crippen molar-refractivity contribution in [2.75, 3.05) is 11.9 Å². The molecular weight excluding hydrogens is 442 g/mol. The molecule has 0 saturated heterocycles.